The lowest BCUT2D eigenvalue weighted by molar-refractivity contribution is 0.0954. The number of aryl methyl sites for hydroxylation is 1. The van der Waals surface area contributed by atoms with Gasteiger partial charge in [0.15, 0.2) is 0 Å². The summed E-state index contributed by atoms with van der Waals surface area (Å²) in [6.45, 7) is 1.86. The molecule has 0 bridgehead atoms. The Morgan fingerprint density at radius 3 is 2.67 bits per heavy atom. The van der Waals surface area contributed by atoms with Gasteiger partial charge in [-0.05, 0) is 65.9 Å². The van der Waals surface area contributed by atoms with Crippen molar-refractivity contribution in [3.63, 3.8) is 0 Å². The second kappa shape index (κ2) is 7.39. The van der Waals surface area contributed by atoms with E-state index in [-0.39, 0.29) is 5.91 Å². The number of hydrogen-bond acceptors (Lipinski definition) is 4. The van der Waals surface area contributed by atoms with Crippen molar-refractivity contribution >= 4 is 34.7 Å². The van der Waals surface area contributed by atoms with Crippen LogP contribution < -0.4 is 5.43 Å². The van der Waals surface area contributed by atoms with Crippen molar-refractivity contribution in [3.05, 3.63) is 75.3 Å². The maximum absolute atomic E-state index is 11.9. The van der Waals surface area contributed by atoms with Crippen LogP contribution in [-0.2, 0) is 0 Å². The predicted octanol–water partition coefficient (Wildman–Crippen LogP) is 4.02. The standard InChI is InChI=1S/C18H14IN3O2/c1-12-2-3-14(10-20-12)18(23)22-21-11-16-8-9-17(24-16)13-4-6-15(19)7-5-13/h2-11H,1H3,(H,22,23)/b21-11+. The Morgan fingerprint density at radius 1 is 1.17 bits per heavy atom. The number of hydrazone groups is 1. The molecule has 6 heteroatoms. The zero-order valence-electron chi connectivity index (χ0n) is 12.9. The summed E-state index contributed by atoms with van der Waals surface area (Å²) in [6, 6.07) is 15.2. The van der Waals surface area contributed by atoms with E-state index in [1.165, 1.54) is 12.4 Å². The van der Waals surface area contributed by atoms with Gasteiger partial charge in [0, 0.05) is 21.0 Å². The summed E-state index contributed by atoms with van der Waals surface area (Å²) in [6.07, 6.45) is 2.98. The molecule has 0 atom stereocenters. The predicted molar refractivity (Wildman–Crippen MR) is 101 cm³/mol. The number of nitrogens with one attached hydrogen (secondary N) is 1. The number of amides is 1. The molecule has 0 spiro atoms. The van der Waals surface area contributed by atoms with Gasteiger partial charge in [0.2, 0.25) is 0 Å². The molecule has 2 aromatic heterocycles. The molecule has 0 fully saturated rings. The molecule has 0 radical (unpaired) electrons. The lowest BCUT2D eigenvalue weighted by Crippen LogP contribution is -2.17. The molecule has 0 aliphatic heterocycles. The van der Waals surface area contributed by atoms with Crippen LogP contribution in [0.5, 0.6) is 0 Å². The fraction of sp³-hybridized carbons (Fsp3) is 0.0556. The first kappa shape index (κ1) is 16.4. The van der Waals surface area contributed by atoms with Crippen molar-refractivity contribution in [2.75, 3.05) is 0 Å². The fourth-order valence-corrected chi connectivity index (χ4v) is 2.37. The highest BCUT2D eigenvalue weighted by atomic mass is 127. The van der Waals surface area contributed by atoms with Crippen LogP contribution in [0.15, 0.2) is 64.2 Å². The summed E-state index contributed by atoms with van der Waals surface area (Å²) in [5.41, 5.74) is 4.75. The first-order chi connectivity index (χ1) is 11.6. The van der Waals surface area contributed by atoms with Crippen LogP contribution in [0, 0.1) is 10.5 Å². The highest BCUT2D eigenvalue weighted by Gasteiger charge is 2.05. The summed E-state index contributed by atoms with van der Waals surface area (Å²) in [7, 11) is 0. The van der Waals surface area contributed by atoms with Crippen molar-refractivity contribution < 1.29 is 9.21 Å². The summed E-state index contributed by atoms with van der Waals surface area (Å²) in [5.74, 6) is 0.996. The monoisotopic (exact) mass is 431 g/mol. The van der Waals surface area contributed by atoms with Crippen LogP contribution in [0.3, 0.4) is 0 Å². The number of hydrogen-bond donors (Lipinski definition) is 1. The number of rotatable bonds is 4. The first-order valence-corrected chi connectivity index (χ1v) is 8.31. The van der Waals surface area contributed by atoms with Crippen molar-refractivity contribution in [2.24, 2.45) is 5.10 Å². The minimum Gasteiger partial charge on any atom is -0.455 e. The third-order valence-corrected chi connectivity index (χ3v) is 4.01. The third-order valence-electron chi connectivity index (χ3n) is 3.29. The maximum atomic E-state index is 11.9. The second-order valence-electron chi connectivity index (χ2n) is 5.10. The van der Waals surface area contributed by atoms with Crippen LogP contribution in [0.4, 0.5) is 0 Å². The van der Waals surface area contributed by atoms with Crippen molar-refractivity contribution in [3.8, 4) is 11.3 Å². The Hall–Kier alpha value is -2.48. The first-order valence-electron chi connectivity index (χ1n) is 7.24. The van der Waals surface area contributed by atoms with Crippen LogP contribution >= 0.6 is 22.6 Å². The largest absolute Gasteiger partial charge is 0.455 e. The minimum atomic E-state index is -0.317. The van der Waals surface area contributed by atoms with Crippen LogP contribution in [0.2, 0.25) is 0 Å². The summed E-state index contributed by atoms with van der Waals surface area (Å²) in [4.78, 5) is 16.0. The average Bonchev–Trinajstić information content (AvgIpc) is 3.05. The Labute approximate surface area is 152 Å². The van der Waals surface area contributed by atoms with E-state index < -0.39 is 0 Å². The van der Waals surface area contributed by atoms with Gasteiger partial charge in [-0.2, -0.15) is 5.10 Å². The molecule has 5 nitrogen and oxygen atoms in total. The van der Waals surface area contributed by atoms with Gasteiger partial charge in [-0.25, -0.2) is 5.43 Å². The minimum absolute atomic E-state index is 0.317. The zero-order valence-corrected chi connectivity index (χ0v) is 15.0. The number of furan rings is 1. The van der Waals surface area contributed by atoms with E-state index in [2.05, 4.69) is 38.1 Å². The maximum Gasteiger partial charge on any atom is 0.272 e. The molecular weight excluding hydrogens is 417 g/mol. The molecule has 24 heavy (non-hydrogen) atoms. The fourth-order valence-electron chi connectivity index (χ4n) is 2.01. The Morgan fingerprint density at radius 2 is 1.96 bits per heavy atom. The molecule has 1 N–H and O–H groups in total. The molecular formula is C18H14IN3O2. The lowest BCUT2D eigenvalue weighted by atomic mass is 10.2. The quantitative estimate of drug-likeness (QED) is 0.386. The van der Waals surface area contributed by atoms with Crippen LogP contribution in [-0.4, -0.2) is 17.1 Å². The Kier molecular flexibility index (Phi) is 5.05. The van der Waals surface area contributed by atoms with Gasteiger partial charge < -0.3 is 4.42 Å². The second-order valence-corrected chi connectivity index (χ2v) is 6.34. The third kappa shape index (κ3) is 4.08. The number of nitrogens with zero attached hydrogens (tertiary/aromatic N) is 2. The topological polar surface area (TPSA) is 67.5 Å². The molecule has 0 unspecified atom stereocenters. The number of benzene rings is 1. The molecule has 2 heterocycles. The SMILES string of the molecule is Cc1ccc(C(=O)N/N=C/c2ccc(-c3ccc(I)cc3)o2)cn1. The van der Waals surface area contributed by atoms with Gasteiger partial charge in [0.05, 0.1) is 11.8 Å². The van der Waals surface area contributed by atoms with Crippen molar-refractivity contribution in [1.82, 2.24) is 10.4 Å². The zero-order chi connectivity index (χ0) is 16.9. The number of carbonyl (C=O) groups excluding carboxylic acids is 1. The highest BCUT2D eigenvalue weighted by molar-refractivity contribution is 14.1. The number of halogens is 1. The molecule has 0 aliphatic carbocycles. The van der Waals surface area contributed by atoms with E-state index >= 15 is 0 Å². The smallest absolute Gasteiger partial charge is 0.272 e. The average molecular weight is 431 g/mol. The van der Waals surface area contributed by atoms with E-state index in [0.29, 0.717) is 11.3 Å². The summed E-state index contributed by atoms with van der Waals surface area (Å²) in [5, 5.41) is 3.91. The van der Waals surface area contributed by atoms with E-state index in [9.17, 15) is 4.79 Å². The molecule has 3 rings (SSSR count). The number of pyridine rings is 1. The molecule has 1 amide bonds. The van der Waals surface area contributed by atoms with Crippen molar-refractivity contribution in [1.29, 1.82) is 0 Å². The molecule has 120 valence electrons. The lowest BCUT2D eigenvalue weighted by Gasteiger charge is -1.99. The normalized spacial score (nSPS) is 10.9. The van der Waals surface area contributed by atoms with Gasteiger partial charge >= 0.3 is 0 Å². The number of carbonyl (C=O) groups is 1. The van der Waals surface area contributed by atoms with Gasteiger partial charge in [0.1, 0.15) is 11.5 Å². The Balaban J connectivity index is 1.64. The van der Waals surface area contributed by atoms with Crippen molar-refractivity contribution in [2.45, 2.75) is 6.92 Å². The molecule has 0 saturated heterocycles. The molecule has 0 saturated carbocycles. The van der Waals surface area contributed by atoms with Gasteiger partial charge in [-0.1, -0.05) is 12.1 Å². The molecule has 1 aromatic carbocycles. The van der Waals surface area contributed by atoms with Crippen LogP contribution in [0.1, 0.15) is 21.8 Å². The Bertz CT molecular complexity index is 868. The van der Waals surface area contributed by atoms with Gasteiger partial charge in [-0.3, -0.25) is 9.78 Å². The van der Waals surface area contributed by atoms with Gasteiger partial charge in [-0.15, -0.1) is 0 Å². The van der Waals surface area contributed by atoms with Gasteiger partial charge in [0.25, 0.3) is 5.91 Å². The molecule has 0 aliphatic rings. The van der Waals surface area contributed by atoms with E-state index in [1.807, 2.05) is 37.3 Å². The summed E-state index contributed by atoms with van der Waals surface area (Å²) >= 11 is 2.26. The van der Waals surface area contributed by atoms with Crippen LogP contribution in [0.25, 0.3) is 11.3 Å². The summed E-state index contributed by atoms with van der Waals surface area (Å²) < 4.78 is 6.86. The molecule has 3 aromatic rings. The highest BCUT2D eigenvalue weighted by Crippen LogP contribution is 2.22. The number of aromatic nitrogens is 1. The van der Waals surface area contributed by atoms with E-state index in [0.717, 1.165) is 20.6 Å². The van der Waals surface area contributed by atoms with E-state index in [1.54, 1.807) is 18.2 Å². The van der Waals surface area contributed by atoms with E-state index in [4.69, 9.17) is 4.42 Å².